The van der Waals surface area contributed by atoms with E-state index in [2.05, 4.69) is 39.4 Å². The van der Waals surface area contributed by atoms with Crippen molar-refractivity contribution in [1.29, 1.82) is 0 Å². The van der Waals surface area contributed by atoms with Crippen molar-refractivity contribution < 1.29 is 4.74 Å². The Balaban J connectivity index is 1.63. The molecule has 0 bridgehead atoms. The van der Waals surface area contributed by atoms with Crippen LogP contribution in [0.2, 0.25) is 0 Å². The average molecular weight is 310 g/mol. The summed E-state index contributed by atoms with van der Waals surface area (Å²) in [5.74, 6) is 1.85. The van der Waals surface area contributed by atoms with Gasteiger partial charge in [-0.2, -0.15) is 0 Å². The first-order chi connectivity index (χ1) is 8.81. The number of hydrogen-bond acceptors (Lipinski definition) is 2. The van der Waals surface area contributed by atoms with Gasteiger partial charge in [-0.25, -0.2) is 0 Å². The molecule has 0 radical (unpaired) electrons. The fourth-order valence-electron chi connectivity index (χ4n) is 2.55. The summed E-state index contributed by atoms with van der Waals surface area (Å²) in [7, 11) is 0. The van der Waals surface area contributed by atoms with Crippen LogP contribution < -0.4 is 10.1 Å². The minimum Gasteiger partial charge on any atom is -0.489 e. The normalized spacial score (nSPS) is 20.9. The van der Waals surface area contributed by atoms with Crippen LogP contribution in [0.1, 0.15) is 31.2 Å². The number of benzene rings is 1. The van der Waals surface area contributed by atoms with Crippen molar-refractivity contribution in [3.8, 4) is 5.75 Å². The van der Waals surface area contributed by atoms with E-state index in [0.29, 0.717) is 6.10 Å². The third-order valence-electron chi connectivity index (χ3n) is 3.80. The summed E-state index contributed by atoms with van der Waals surface area (Å²) in [6.07, 6.45) is 6.70. The SMILES string of the molecule is Brc1cc(CC2CCNCC2)ccc1OC1CC1. The molecular weight excluding hydrogens is 290 g/mol. The Labute approximate surface area is 117 Å². The highest BCUT2D eigenvalue weighted by Crippen LogP contribution is 2.33. The number of nitrogens with one attached hydrogen (secondary N) is 1. The Morgan fingerprint density at radius 1 is 1.17 bits per heavy atom. The average Bonchev–Trinajstić information content (AvgIpc) is 3.18. The topological polar surface area (TPSA) is 21.3 Å². The Morgan fingerprint density at radius 3 is 2.61 bits per heavy atom. The third-order valence-corrected chi connectivity index (χ3v) is 4.42. The van der Waals surface area contributed by atoms with Crippen LogP contribution in [0.25, 0.3) is 0 Å². The highest BCUT2D eigenvalue weighted by Gasteiger charge is 2.24. The molecule has 1 N–H and O–H groups in total. The van der Waals surface area contributed by atoms with Gasteiger partial charge in [0.05, 0.1) is 10.6 Å². The zero-order valence-corrected chi connectivity index (χ0v) is 12.2. The van der Waals surface area contributed by atoms with Crippen molar-refractivity contribution in [1.82, 2.24) is 5.32 Å². The second-order valence-electron chi connectivity index (χ2n) is 5.48. The summed E-state index contributed by atoms with van der Waals surface area (Å²) in [6.45, 7) is 2.35. The second-order valence-corrected chi connectivity index (χ2v) is 6.33. The first kappa shape index (κ1) is 12.5. The molecule has 1 aromatic rings. The molecule has 2 nitrogen and oxygen atoms in total. The zero-order chi connectivity index (χ0) is 12.4. The monoisotopic (exact) mass is 309 g/mol. The van der Waals surface area contributed by atoms with Gasteiger partial charge in [-0.05, 0) is 84.7 Å². The van der Waals surface area contributed by atoms with Crippen molar-refractivity contribution >= 4 is 15.9 Å². The highest BCUT2D eigenvalue weighted by atomic mass is 79.9. The molecule has 2 fully saturated rings. The van der Waals surface area contributed by atoms with E-state index >= 15 is 0 Å². The summed E-state index contributed by atoms with van der Waals surface area (Å²) >= 11 is 3.63. The van der Waals surface area contributed by atoms with E-state index in [4.69, 9.17) is 4.74 Å². The lowest BCUT2D eigenvalue weighted by Crippen LogP contribution is -2.28. The lowest BCUT2D eigenvalue weighted by molar-refractivity contribution is 0.301. The van der Waals surface area contributed by atoms with Crippen molar-refractivity contribution in [2.45, 2.75) is 38.2 Å². The van der Waals surface area contributed by atoms with Crippen molar-refractivity contribution in [3.05, 3.63) is 28.2 Å². The molecule has 1 saturated heterocycles. The molecule has 18 heavy (non-hydrogen) atoms. The Morgan fingerprint density at radius 2 is 1.94 bits per heavy atom. The first-order valence-corrected chi connectivity index (χ1v) is 7.76. The quantitative estimate of drug-likeness (QED) is 0.918. The Bertz CT molecular complexity index is 411. The summed E-state index contributed by atoms with van der Waals surface area (Å²) in [4.78, 5) is 0. The van der Waals surface area contributed by atoms with Crippen LogP contribution in [0.3, 0.4) is 0 Å². The standard InChI is InChI=1S/C15H20BrNO/c16-14-10-12(9-11-5-7-17-8-6-11)1-4-15(14)18-13-2-3-13/h1,4,10-11,13,17H,2-3,5-9H2. The zero-order valence-electron chi connectivity index (χ0n) is 10.6. The van der Waals surface area contributed by atoms with Gasteiger partial charge in [0.15, 0.2) is 0 Å². The third kappa shape index (κ3) is 3.27. The van der Waals surface area contributed by atoms with E-state index in [1.54, 1.807) is 0 Å². The predicted molar refractivity (Wildman–Crippen MR) is 77.1 cm³/mol. The minimum absolute atomic E-state index is 0.469. The first-order valence-electron chi connectivity index (χ1n) is 6.97. The summed E-state index contributed by atoms with van der Waals surface area (Å²) in [5.41, 5.74) is 1.43. The molecule has 2 aliphatic rings. The maximum absolute atomic E-state index is 5.84. The maximum atomic E-state index is 5.84. The van der Waals surface area contributed by atoms with Gasteiger partial charge in [-0.15, -0.1) is 0 Å². The molecule has 1 heterocycles. The molecule has 98 valence electrons. The smallest absolute Gasteiger partial charge is 0.133 e. The molecule has 3 heteroatoms. The minimum atomic E-state index is 0.469. The summed E-state index contributed by atoms with van der Waals surface area (Å²) in [5, 5.41) is 3.42. The Hall–Kier alpha value is -0.540. The number of rotatable bonds is 4. The van der Waals surface area contributed by atoms with E-state index in [0.717, 1.165) is 16.1 Å². The lowest BCUT2D eigenvalue weighted by Gasteiger charge is -2.22. The lowest BCUT2D eigenvalue weighted by atomic mass is 9.91. The molecule has 0 atom stereocenters. The molecular formula is C15H20BrNO. The number of piperidine rings is 1. The molecule has 3 rings (SSSR count). The maximum Gasteiger partial charge on any atom is 0.133 e. The van der Waals surface area contributed by atoms with Crippen LogP contribution in [0.5, 0.6) is 5.75 Å². The van der Waals surface area contributed by atoms with Gasteiger partial charge < -0.3 is 10.1 Å². The second kappa shape index (κ2) is 5.62. The van der Waals surface area contributed by atoms with Gasteiger partial charge in [-0.3, -0.25) is 0 Å². The van der Waals surface area contributed by atoms with Gasteiger partial charge in [0.2, 0.25) is 0 Å². The largest absolute Gasteiger partial charge is 0.489 e. The van der Waals surface area contributed by atoms with Crippen molar-refractivity contribution in [2.24, 2.45) is 5.92 Å². The van der Waals surface area contributed by atoms with Crippen molar-refractivity contribution in [2.75, 3.05) is 13.1 Å². The van der Waals surface area contributed by atoms with Crippen LogP contribution in [0.15, 0.2) is 22.7 Å². The molecule has 1 aliphatic heterocycles. The van der Waals surface area contributed by atoms with E-state index in [-0.39, 0.29) is 0 Å². The molecule has 1 aliphatic carbocycles. The number of halogens is 1. The van der Waals surface area contributed by atoms with Crippen LogP contribution >= 0.6 is 15.9 Å². The van der Waals surface area contributed by atoms with E-state index in [1.807, 2.05) is 0 Å². The van der Waals surface area contributed by atoms with Crippen LogP contribution in [0, 0.1) is 5.92 Å². The Kier molecular flexibility index (Phi) is 3.90. The van der Waals surface area contributed by atoms with Gasteiger partial charge in [-0.1, -0.05) is 6.07 Å². The predicted octanol–water partition coefficient (Wildman–Crippen LogP) is 3.53. The molecule has 0 aromatic heterocycles. The van der Waals surface area contributed by atoms with Gasteiger partial charge in [0.1, 0.15) is 5.75 Å². The number of ether oxygens (including phenoxy) is 1. The molecule has 1 aromatic carbocycles. The van der Waals surface area contributed by atoms with Crippen molar-refractivity contribution in [3.63, 3.8) is 0 Å². The molecule has 1 saturated carbocycles. The van der Waals surface area contributed by atoms with E-state index < -0.39 is 0 Å². The van der Waals surface area contributed by atoms with Crippen LogP contribution in [-0.4, -0.2) is 19.2 Å². The van der Waals surface area contributed by atoms with Crippen LogP contribution in [-0.2, 0) is 6.42 Å². The van der Waals surface area contributed by atoms with Gasteiger partial charge in [0, 0.05) is 0 Å². The van der Waals surface area contributed by atoms with Gasteiger partial charge in [0.25, 0.3) is 0 Å². The highest BCUT2D eigenvalue weighted by molar-refractivity contribution is 9.10. The molecule has 0 amide bonds. The fraction of sp³-hybridized carbons (Fsp3) is 0.600. The van der Waals surface area contributed by atoms with E-state index in [1.165, 1.54) is 50.8 Å². The van der Waals surface area contributed by atoms with E-state index in [9.17, 15) is 0 Å². The van der Waals surface area contributed by atoms with Crippen LogP contribution in [0.4, 0.5) is 0 Å². The summed E-state index contributed by atoms with van der Waals surface area (Å²) in [6, 6.07) is 6.59. The number of hydrogen-bond donors (Lipinski definition) is 1. The summed E-state index contributed by atoms with van der Waals surface area (Å²) < 4.78 is 6.96. The molecule has 0 unspecified atom stereocenters. The van der Waals surface area contributed by atoms with Gasteiger partial charge >= 0.3 is 0 Å². The molecule has 0 spiro atoms. The fourth-order valence-corrected chi connectivity index (χ4v) is 3.07.